The van der Waals surface area contributed by atoms with Gasteiger partial charge in [0.15, 0.2) is 5.82 Å². The summed E-state index contributed by atoms with van der Waals surface area (Å²) in [7, 11) is -1.39. The molecule has 2 aromatic rings. The van der Waals surface area contributed by atoms with Crippen LogP contribution >= 0.6 is 11.3 Å². The third kappa shape index (κ3) is 4.74. The molecule has 0 saturated carbocycles. The van der Waals surface area contributed by atoms with Crippen molar-refractivity contribution in [2.45, 2.75) is 44.2 Å². The summed E-state index contributed by atoms with van der Waals surface area (Å²) in [5, 5.41) is 7.93. The van der Waals surface area contributed by atoms with Gasteiger partial charge in [-0.2, -0.15) is 4.98 Å². The molecule has 2 heterocycles. The summed E-state index contributed by atoms with van der Waals surface area (Å²) in [4.78, 5) is 17.2. The van der Waals surface area contributed by atoms with Crippen molar-refractivity contribution in [1.29, 1.82) is 0 Å². The van der Waals surface area contributed by atoms with E-state index in [9.17, 15) is 9.00 Å². The zero-order chi connectivity index (χ0) is 15.9. The van der Waals surface area contributed by atoms with Gasteiger partial charge < -0.3 is 9.84 Å². The summed E-state index contributed by atoms with van der Waals surface area (Å²) in [5.74, 6) is 0.800. The Morgan fingerprint density at radius 3 is 3.05 bits per heavy atom. The first kappa shape index (κ1) is 16.8. The molecule has 1 amide bonds. The lowest BCUT2D eigenvalue weighted by atomic mass is 10.3. The quantitative estimate of drug-likeness (QED) is 0.794. The van der Waals surface area contributed by atoms with Crippen molar-refractivity contribution in [1.82, 2.24) is 15.5 Å². The molecule has 0 bridgehead atoms. The molecular formula is C14H19N3O3S2. The highest BCUT2D eigenvalue weighted by atomic mass is 32.2. The third-order valence-electron chi connectivity index (χ3n) is 3.03. The fraction of sp³-hybridized carbons (Fsp3) is 0.500. The van der Waals surface area contributed by atoms with Crippen molar-refractivity contribution < 1.29 is 13.5 Å². The van der Waals surface area contributed by atoms with Crippen LogP contribution in [0.4, 0.5) is 0 Å². The van der Waals surface area contributed by atoms with Gasteiger partial charge in [0.2, 0.25) is 11.8 Å². The van der Waals surface area contributed by atoms with Crippen LogP contribution in [-0.4, -0.2) is 25.5 Å². The van der Waals surface area contributed by atoms with Gasteiger partial charge in [0, 0.05) is 22.1 Å². The SMILES string of the molecule is CCCc1noc(C[S@@](=O)[C@H](C)C(=O)NCc2cccs2)n1. The normalized spacial score (nSPS) is 13.7. The largest absolute Gasteiger partial charge is 0.350 e. The molecule has 0 fully saturated rings. The first-order valence-corrected chi connectivity index (χ1v) is 9.35. The van der Waals surface area contributed by atoms with Crippen LogP contribution in [-0.2, 0) is 34.3 Å². The van der Waals surface area contributed by atoms with E-state index in [-0.39, 0.29) is 11.7 Å². The van der Waals surface area contributed by atoms with Crippen LogP contribution < -0.4 is 5.32 Å². The second-order valence-electron chi connectivity index (χ2n) is 4.82. The minimum Gasteiger partial charge on any atom is -0.350 e. The molecule has 0 aliphatic heterocycles. The van der Waals surface area contributed by atoms with Crippen LogP contribution in [0.25, 0.3) is 0 Å². The van der Waals surface area contributed by atoms with E-state index in [1.165, 1.54) is 0 Å². The first-order chi connectivity index (χ1) is 10.6. The molecule has 6 nitrogen and oxygen atoms in total. The molecule has 2 aromatic heterocycles. The Labute approximate surface area is 135 Å². The molecule has 0 radical (unpaired) electrons. The van der Waals surface area contributed by atoms with Crippen LogP contribution in [0.2, 0.25) is 0 Å². The van der Waals surface area contributed by atoms with Gasteiger partial charge >= 0.3 is 0 Å². The zero-order valence-electron chi connectivity index (χ0n) is 12.6. The fourth-order valence-corrected chi connectivity index (χ4v) is 3.35. The average Bonchev–Trinajstić information content (AvgIpc) is 3.16. The molecule has 0 aliphatic rings. The summed E-state index contributed by atoms with van der Waals surface area (Å²) in [6, 6.07) is 3.87. The van der Waals surface area contributed by atoms with Gasteiger partial charge in [-0.15, -0.1) is 11.3 Å². The number of aromatic nitrogens is 2. The molecule has 2 rings (SSSR count). The second kappa shape index (κ2) is 8.19. The second-order valence-corrected chi connectivity index (χ2v) is 7.61. The Morgan fingerprint density at radius 2 is 2.36 bits per heavy atom. The molecule has 22 heavy (non-hydrogen) atoms. The van der Waals surface area contributed by atoms with Crippen LogP contribution in [0.3, 0.4) is 0 Å². The standard InChI is InChI=1S/C14H19N3O3S2/c1-3-5-12-16-13(20-17-12)9-22(19)10(2)14(18)15-8-11-6-4-7-21-11/h4,6-7,10H,3,5,8-9H2,1-2H3,(H,15,18)/t10-,22-/m1/s1. The van der Waals surface area contributed by atoms with E-state index >= 15 is 0 Å². The molecule has 0 aromatic carbocycles. The summed E-state index contributed by atoms with van der Waals surface area (Å²) < 4.78 is 17.3. The smallest absolute Gasteiger partial charge is 0.239 e. The van der Waals surface area contributed by atoms with Crippen LogP contribution in [0.5, 0.6) is 0 Å². The van der Waals surface area contributed by atoms with E-state index in [0.717, 1.165) is 17.7 Å². The Balaban J connectivity index is 1.83. The van der Waals surface area contributed by atoms with Gasteiger partial charge in [-0.25, -0.2) is 0 Å². The van der Waals surface area contributed by atoms with Crippen molar-refractivity contribution in [3.05, 3.63) is 34.1 Å². The number of thiophene rings is 1. The number of hydrogen-bond donors (Lipinski definition) is 1. The minimum atomic E-state index is -1.39. The Kier molecular flexibility index (Phi) is 6.26. The van der Waals surface area contributed by atoms with Crippen molar-refractivity contribution in [3.8, 4) is 0 Å². The number of aryl methyl sites for hydroxylation is 1. The molecule has 8 heteroatoms. The van der Waals surface area contributed by atoms with E-state index in [2.05, 4.69) is 15.5 Å². The highest BCUT2D eigenvalue weighted by molar-refractivity contribution is 7.85. The summed E-state index contributed by atoms with van der Waals surface area (Å²) in [6.45, 7) is 4.12. The van der Waals surface area contributed by atoms with Crippen LogP contribution in [0.15, 0.2) is 22.0 Å². The number of hydrogen-bond acceptors (Lipinski definition) is 6. The zero-order valence-corrected chi connectivity index (χ0v) is 14.2. The lowest BCUT2D eigenvalue weighted by molar-refractivity contribution is -0.120. The van der Waals surface area contributed by atoms with Crippen LogP contribution in [0.1, 0.15) is 36.9 Å². The lowest BCUT2D eigenvalue weighted by Gasteiger charge is -2.10. The number of nitrogens with one attached hydrogen (secondary N) is 1. The minimum absolute atomic E-state index is 0.101. The van der Waals surface area contributed by atoms with E-state index in [0.29, 0.717) is 18.3 Å². The van der Waals surface area contributed by atoms with Gasteiger partial charge in [0.05, 0.1) is 6.54 Å². The number of carbonyl (C=O) groups excluding carboxylic acids is 1. The maximum Gasteiger partial charge on any atom is 0.239 e. The topological polar surface area (TPSA) is 85.1 Å². The molecule has 120 valence electrons. The molecule has 2 atom stereocenters. The van der Waals surface area contributed by atoms with Gasteiger partial charge in [0.1, 0.15) is 11.0 Å². The fourth-order valence-electron chi connectivity index (χ4n) is 1.77. The number of amides is 1. The van der Waals surface area contributed by atoms with Gasteiger partial charge in [-0.3, -0.25) is 9.00 Å². The molecule has 0 unspecified atom stereocenters. The van der Waals surface area contributed by atoms with Gasteiger partial charge in [0.25, 0.3) is 0 Å². The van der Waals surface area contributed by atoms with Crippen LogP contribution in [0, 0.1) is 0 Å². The number of nitrogens with zero attached hydrogens (tertiary/aromatic N) is 2. The first-order valence-electron chi connectivity index (χ1n) is 7.09. The van der Waals surface area contributed by atoms with Gasteiger partial charge in [-0.05, 0) is 24.8 Å². The van der Waals surface area contributed by atoms with Gasteiger partial charge in [-0.1, -0.05) is 18.1 Å². The van der Waals surface area contributed by atoms with Crippen molar-refractivity contribution in [2.24, 2.45) is 0 Å². The summed E-state index contributed by atoms with van der Waals surface area (Å²) in [5.41, 5.74) is 0. The van der Waals surface area contributed by atoms with E-state index in [1.54, 1.807) is 18.3 Å². The number of carbonyl (C=O) groups is 1. The predicted molar refractivity (Wildman–Crippen MR) is 85.8 cm³/mol. The highest BCUT2D eigenvalue weighted by Gasteiger charge is 2.22. The molecule has 0 saturated heterocycles. The monoisotopic (exact) mass is 341 g/mol. The van der Waals surface area contributed by atoms with Crippen molar-refractivity contribution in [3.63, 3.8) is 0 Å². The van der Waals surface area contributed by atoms with Crippen molar-refractivity contribution in [2.75, 3.05) is 0 Å². The predicted octanol–water partition coefficient (Wildman–Crippen LogP) is 2.04. The molecule has 0 spiro atoms. The Bertz CT molecular complexity index is 625. The highest BCUT2D eigenvalue weighted by Crippen LogP contribution is 2.09. The summed E-state index contributed by atoms with van der Waals surface area (Å²) in [6.07, 6.45) is 1.65. The maximum absolute atomic E-state index is 12.2. The molecule has 1 N–H and O–H groups in total. The van der Waals surface area contributed by atoms with E-state index < -0.39 is 16.0 Å². The summed E-state index contributed by atoms with van der Waals surface area (Å²) >= 11 is 1.57. The maximum atomic E-state index is 12.2. The average molecular weight is 341 g/mol. The number of rotatable bonds is 8. The van der Waals surface area contributed by atoms with Crippen molar-refractivity contribution >= 4 is 28.0 Å². The van der Waals surface area contributed by atoms with E-state index in [4.69, 9.17) is 4.52 Å². The Morgan fingerprint density at radius 1 is 1.55 bits per heavy atom. The molecule has 0 aliphatic carbocycles. The Hall–Kier alpha value is -1.54. The lowest BCUT2D eigenvalue weighted by Crippen LogP contribution is -2.35. The molecular weight excluding hydrogens is 322 g/mol. The third-order valence-corrected chi connectivity index (χ3v) is 5.44. The van der Waals surface area contributed by atoms with E-state index in [1.807, 2.05) is 24.4 Å².